The molecule has 4 saturated heterocycles. The standard InChI is InChI=1S/C48H64F2N8O5Si/c1-30(2)64(31(3)4,32(5)6)19-16-38-40(50)15-12-33-20-37(62-29-60-10)21-39(42(33)38)41-26-56(28-51-41)44-52-43(53-45(54-44)61-27-48-17-11-18-57(48)23-34(49)22-48)55-24-35-13-14-36(25-55)58(35)46(59)63-47(7,8)9/h12,15,20-21,26,28,30-32,34-36H,11,13-14,17-18,22-25,27,29H2,1-10H3/t34-,35-,36+,48+/m1/s1. The van der Waals surface area contributed by atoms with Crippen LogP contribution in [0.4, 0.5) is 19.5 Å². The Kier molecular flexibility index (Phi) is 12.7. The Labute approximate surface area is 377 Å². The molecular formula is C48H64F2N8O5Si. The highest BCUT2D eigenvalue weighted by Crippen LogP contribution is 2.43. The summed E-state index contributed by atoms with van der Waals surface area (Å²) in [5, 5.41) is 1.37. The van der Waals surface area contributed by atoms with E-state index >= 15 is 4.39 Å². The van der Waals surface area contributed by atoms with E-state index in [0.29, 0.717) is 76.6 Å². The van der Waals surface area contributed by atoms with E-state index in [1.54, 1.807) is 24.1 Å². The molecule has 344 valence electrons. The second-order valence-electron chi connectivity index (χ2n) is 20.1. The van der Waals surface area contributed by atoms with Gasteiger partial charge in [-0.05, 0) is 93.2 Å². The lowest BCUT2D eigenvalue weighted by molar-refractivity contribution is 0.0122. The van der Waals surface area contributed by atoms with Gasteiger partial charge in [0.2, 0.25) is 11.9 Å². The SMILES string of the molecule is COCOc1cc(-c2cn(-c3nc(OC[C@@]45CCCN4C[C@H](F)C5)nc(N4C[C@H]5CC[C@@H](C4)N5C(=O)OC(C)(C)C)n3)cn2)c2c(C#C[Si](C(C)C)(C(C)C)C(C)C)c(F)ccc2c1. The van der Waals surface area contributed by atoms with Crippen LogP contribution in [0.1, 0.15) is 100.0 Å². The predicted octanol–water partition coefficient (Wildman–Crippen LogP) is 9.11. The number of imidazole rings is 1. The van der Waals surface area contributed by atoms with Crippen LogP contribution < -0.4 is 14.4 Å². The maximum absolute atomic E-state index is 16.3. The molecule has 2 bridgehead atoms. The smallest absolute Gasteiger partial charge is 0.410 e. The molecule has 0 unspecified atom stereocenters. The Hall–Kier alpha value is -4.85. The Balaban J connectivity index is 1.20. The van der Waals surface area contributed by atoms with E-state index in [2.05, 4.69) is 62.8 Å². The Morgan fingerprint density at radius 2 is 1.67 bits per heavy atom. The molecule has 0 radical (unpaired) electrons. The second-order valence-corrected chi connectivity index (χ2v) is 25.7. The Morgan fingerprint density at radius 3 is 2.34 bits per heavy atom. The molecule has 8 rings (SSSR count). The number of fused-ring (bicyclic) bond motifs is 4. The van der Waals surface area contributed by atoms with Crippen molar-refractivity contribution in [3.63, 3.8) is 0 Å². The lowest BCUT2D eigenvalue weighted by Crippen LogP contribution is -2.57. The van der Waals surface area contributed by atoms with Crippen LogP contribution in [0.25, 0.3) is 28.0 Å². The van der Waals surface area contributed by atoms with Crippen LogP contribution in [0.2, 0.25) is 16.6 Å². The fraction of sp³-hybridized carbons (Fsp3) is 0.604. The van der Waals surface area contributed by atoms with E-state index in [0.717, 1.165) is 37.6 Å². The molecular weight excluding hydrogens is 835 g/mol. The molecule has 0 N–H and O–H groups in total. The van der Waals surface area contributed by atoms with Crippen LogP contribution >= 0.6 is 0 Å². The molecule has 2 aromatic carbocycles. The molecule has 0 aliphatic carbocycles. The number of alkyl halides is 1. The minimum Gasteiger partial charge on any atom is -0.468 e. The van der Waals surface area contributed by atoms with Gasteiger partial charge in [0.1, 0.15) is 44.3 Å². The number of rotatable bonds is 12. The molecule has 4 aliphatic heterocycles. The monoisotopic (exact) mass is 898 g/mol. The van der Waals surface area contributed by atoms with Crippen molar-refractivity contribution in [3.8, 4) is 40.4 Å². The summed E-state index contributed by atoms with van der Waals surface area (Å²) >= 11 is 0. The largest absolute Gasteiger partial charge is 0.468 e. The third-order valence-electron chi connectivity index (χ3n) is 13.9. The zero-order chi connectivity index (χ0) is 45.7. The Bertz CT molecular complexity index is 2390. The zero-order valence-corrected chi connectivity index (χ0v) is 40.1. The van der Waals surface area contributed by atoms with Crippen LogP contribution in [-0.2, 0) is 9.47 Å². The molecule has 16 heteroatoms. The maximum Gasteiger partial charge on any atom is 0.410 e. The molecule has 4 fully saturated rings. The molecule has 4 atom stereocenters. The highest BCUT2D eigenvalue weighted by Gasteiger charge is 2.50. The second kappa shape index (κ2) is 17.8. The number of aromatic nitrogens is 5. The number of methoxy groups -OCH3 is 1. The van der Waals surface area contributed by atoms with Crippen molar-refractivity contribution in [1.29, 1.82) is 0 Å². The zero-order valence-electron chi connectivity index (χ0n) is 39.1. The summed E-state index contributed by atoms with van der Waals surface area (Å²) in [6.07, 6.45) is 6.09. The van der Waals surface area contributed by atoms with Gasteiger partial charge in [-0.2, -0.15) is 15.0 Å². The van der Waals surface area contributed by atoms with Gasteiger partial charge >= 0.3 is 12.1 Å². The van der Waals surface area contributed by atoms with Crippen molar-refractivity contribution in [2.24, 2.45) is 0 Å². The van der Waals surface area contributed by atoms with Gasteiger partial charge in [0.25, 0.3) is 0 Å². The number of hydrogen-bond acceptors (Lipinski definition) is 11. The van der Waals surface area contributed by atoms with E-state index in [9.17, 15) is 9.18 Å². The number of halogens is 2. The van der Waals surface area contributed by atoms with Gasteiger partial charge in [0.15, 0.2) is 6.79 Å². The Morgan fingerprint density at radius 1 is 0.969 bits per heavy atom. The van der Waals surface area contributed by atoms with Crippen LogP contribution in [0.3, 0.4) is 0 Å². The summed E-state index contributed by atoms with van der Waals surface area (Å²) in [5.41, 5.74) is 5.26. The average molecular weight is 899 g/mol. The number of amides is 1. The van der Waals surface area contributed by atoms with Gasteiger partial charge in [-0.15, -0.1) is 5.54 Å². The van der Waals surface area contributed by atoms with Crippen molar-refractivity contribution in [2.45, 2.75) is 140 Å². The van der Waals surface area contributed by atoms with Gasteiger partial charge < -0.3 is 23.8 Å². The number of hydrogen-bond donors (Lipinski definition) is 0. The van der Waals surface area contributed by atoms with Gasteiger partial charge in [0, 0.05) is 50.3 Å². The topological polar surface area (TPSA) is 120 Å². The predicted molar refractivity (Wildman–Crippen MR) is 246 cm³/mol. The third kappa shape index (κ3) is 8.79. The van der Waals surface area contributed by atoms with E-state index < -0.39 is 31.2 Å². The molecule has 13 nitrogen and oxygen atoms in total. The van der Waals surface area contributed by atoms with Crippen molar-refractivity contribution in [1.82, 2.24) is 34.3 Å². The number of nitrogens with zero attached hydrogens (tertiary/aromatic N) is 8. The first-order chi connectivity index (χ1) is 30.4. The first-order valence-corrected chi connectivity index (χ1v) is 25.1. The number of anilines is 1. The molecule has 0 spiro atoms. The summed E-state index contributed by atoms with van der Waals surface area (Å²) in [5.74, 6) is 4.20. The highest BCUT2D eigenvalue weighted by atomic mass is 28.3. The van der Waals surface area contributed by atoms with Gasteiger partial charge in [-0.3, -0.25) is 14.4 Å². The van der Waals surface area contributed by atoms with Crippen LogP contribution in [0, 0.1) is 17.3 Å². The average Bonchev–Trinajstić information content (AvgIpc) is 4.00. The first-order valence-electron chi connectivity index (χ1n) is 22.9. The minimum absolute atomic E-state index is 0.0215. The maximum atomic E-state index is 16.3. The summed E-state index contributed by atoms with van der Waals surface area (Å²) in [4.78, 5) is 39.1. The van der Waals surface area contributed by atoms with Crippen molar-refractivity contribution in [3.05, 3.63) is 48.2 Å². The van der Waals surface area contributed by atoms with Gasteiger partial charge in [-0.25, -0.2) is 18.6 Å². The molecule has 2 aromatic heterocycles. The van der Waals surface area contributed by atoms with Gasteiger partial charge in [-0.1, -0.05) is 53.5 Å². The fourth-order valence-corrected chi connectivity index (χ4v) is 16.3. The highest BCUT2D eigenvalue weighted by molar-refractivity contribution is 6.90. The van der Waals surface area contributed by atoms with Crippen LogP contribution in [0.15, 0.2) is 36.8 Å². The summed E-state index contributed by atoms with van der Waals surface area (Å²) < 4.78 is 56.3. The molecule has 4 aliphatic rings. The quantitative estimate of drug-likeness (QED) is 0.0770. The number of ether oxygens (including phenoxy) is 4. The van der Waals surface area contributed by atoms with Crippen LogP contribution in [-0.4, -0.2) is 125 Å². The van der Waals surface area contributed by atoms with Crippen LogP contribution in [0.5, 0.6) is 11.8 Å². The summed E-state index contributed by atoms with van der Waals surface area (Å²) in [6.45, 7) is 21.6. The normalized spacial score (nSPS) is 22.5. The van der Waals surface area contributed by atoms with E-state index in [-0.39, 0.29) is 43.5 Å². The fourth-order valence-electron chi connectivity index (χ4n) is 11.1. The number of carbonyl (C=O) groups is 1. The van der Waals surface area contributed by atoms with E-state index in [1.165, 1.54) is 6.07 Å². The lowest BCUT2D eigenvalue weighted by atomic mass is 9.95. The first kappa shape index (κ1) is 45.7. The van der Waals surface area contributed by atoms with E-state index in [4.69, 9.17) is 38.9 Å². The molecule has 64 heavy (non-hydrogen) atoms. The molecule has 0 saturated carbocycles. The molecule has 6 heterocycles. The van der Waals surface area contributed by atoms with Crippen molar-refractivity contribution >= 4 is 30.9 Å². The number of carbonyl (C=O) groups excluding carboxylic acids is 1. The lowest BCUT2D eigenvalue weighted by Gasteiger charge is -2.41. The molecule has 1 amide bonds. The summed E-state index contributed by atoms with van der Waals surface area (Å²) in [6, 6.07) is 6.87. The van der Waals surface area contributed by atoms with Crippen molar-refractivity contribution in [2.75, 3.05) is 51.6 Å². The summed E-state index contributed by atoms with van der Waals surface area (Å²) in [7, 11) is -0.678. The van der Waals surface area contributed by atoms with Crippen molar-refractivity contribution < 1.29 is 32.5 Å². The number of piperazine rings is 1. The van der Waals surface area contributed by atoms with E-state index in [1.807, 2.05) is 44.0 Å². The van der Waals surface area contributed by atoms with Gasteiger partial charge in [0.05, 0.1) is 28.9 Å². The third-order valence-corrected chi connectivity index (χ3v) is 20.2. The minimum atomic E-state index is -2.24. The molecule has 4 aromatic rings. The number of benzene rings is 2.